The van der Waals surface area contributed by atoms with Crippen molar-refractivity contribution in [2.24, 2.45) is 7.05 Å². The van der Waals surface area contributed by atoms with Crippen molar-refractivity contribution in [3.63, 3.8) is 0 Å². The van der Waals surface area contributed by atoms with Crippen molar-refractivity contribution >= 4 is 17.9 Å². The van der Waals surface area contributed by atoms with Crippen molar-refractivity contribution in [1.82, 2.24) is 24.3 Å². The number of carboxylic acids is 3. The van der Waals surface area contributed by atoms with Gasteiger partial charge >= 0.3 is 36.4 Å². The quantitative estimate of drug-likeness (QED) is 0.400. The molecule has 1 spiro atoms. The van der Waals surface area contributed by atoms with E-state index in [-0.39, 0.29) is 5.60 Å². The maximum atomic E-state index is 10.6. The molecule has 4 heterocycles. The van der Waals surface area contributed by atoms with Crippen LogP contribution in [0.15, 0.2) is 36.9 Å². The molecule has 47 heavy (non-hydrogen) atoms. The van der Waals surface area contributed by atoms with Gasteiger partial charge in [-0.3, -0.25) is 14.8 Å². The van der Waals surface area contributed by atoms with Crippen LogP contribution in [-0.4, -0.2) is 128 Å². The number of hydrogen-bond acceptors (Lipinski definition) is 9. The molecular weight excluding hydrogens is 669 g/mol. The first-order valence-corrected chi connectivity index (χ1v) is 13.0. The molecule has 3 N–H and O–H groups in total. The van der Waals surface area contributed by atoms with E-state index < -0.39 is 36.4 Å². The van der Waals surface area contributed by atoms with Crippen LogP contribution < -0.4 is 0 Å². The van der Waals surface area contributed by atoms with Gasteiger partial charge in [-0.25, -0.2) is 19.4 Å². The van der Waals surface area contributed by atoms with Gasteiger partial charge in [0.25, 0.3) is 0 Å². The number of alkyl halides is 9. The van der Waals surface area contributed by atoms with Crippen LogP contribution in [0.1, 0.15) is 11.4 Å². The number of pyridine rings is 1. The minimum atomic E-state index is -5.08. The number of morpholine rings is 1. The minimum absolute atomic E-state index is 0.271. The largest absolute Gasteiger partial charge is 0.490 e. The van der Waals surface area contributed by atoms with Crippen LogP contribution in [0.4, 0.5) is 39.5 Å². The van der Waals surface area contributed by atoms with Crippen molar-refractivity contribution in [1.29, 1.82) is 0 Å². The van der Waals surface area contributed by atoms with Crippen LogP contribution >= 0.6 is 0 Å². The maximum Gasteiger partial charge on any atom is 0.490 e. The van der Waals surface area contributed by atoms with Gasteiger partial charge in [-0.1, -0.05) is 0 Å². The van der Waals surface area contributed by atoms with Crippen LogP contribution in [0.5, 0.6) is 0 Å². The SMILES string of the molecule is Cn1ccnc1CN1CCOC2(COCCN(Cc3ccncc3)C2)C1.O=C(O)C(F)(F)F.O=C(O)C(F)(F)F.O=C(O)C(F)(F)F. The Labute approximate surface area is 260 Å². The zero-order chi connectivity index (χ0) is 36.1. The molecule has 2 saturated heterocycles. The molecule has 4 rings (SSSR count). The molecule has 0 bridgehead atoms. The third-order valence-corrected chi connectivity index (χ3v) is 5.93. The summed E-state index contributed by atoms with van der Waals surface area (Å²) in [7, 11) is 2.05. The zero-order valence-corrected chi connectivity index (χ0v) is 24.3. The number of halogens is 9. The predicted octanol–water partition coefficient (Wildman–Crippen LogP) is 2.82. The smallest absolute Gasteiger partial charge is 0.475 e. The Kier molecular flexibility index (Phi) is 15.5. The van der Waals surface area contributed by atoms with E-state index in [0.29, 0.717) is 6.61 Å². The molecule has 0 aliphatic carbocycles. The predicted molar refractivity (Wildman–Crippen MR) is 139 cm³/mol. The number of nitrogens with zero attached hydrogens (tertiary/aromatic N) is 5. The van der Waals surface area contributed by atoms with Crippen LogP contribution in [-0.2, 0) is 44.0 Å². The summed E-state index contributed by atoms with van der Waals surface area (Å²) in [6, 6.07) is 4.15. The topological polar surface area (TPSA) is 168 Å². The van der Waals surface area contributed by atoms with Gasteiger partial charge in [-0.15, -0.1) is 0 Å². The summed E-state index contributed by atoms with van der Waals surface area (Å²) in [6.45, 7) is 7.48. The number of carboxylic acid groups (broad SMARTS) is 3. The number of aliphatic carboxylic acids is 3. The van der Waals surface area contributed by atoms with E-state index in [4.69, 9.17) is 39.2 Å². The van der Waals surface area contributed by atoms with Crippen molar-refractivity contribution in [3.05, 3.63) is 48.3 Å². The monoisotopic (exact) mass is 699 g/mol. The highest BCUT2D eigenvalue weighted by atomic mass is 19.4. The number of hydrogen-bond donors (Lipinski definition) is 3. The fourth-order valence-corrected chi connectivity index (χ4v) is 3.86. The standard InChI is InChI=1S/C19H27N5O2.3C2HF3O2/c1-22-7-6-21-18(22)13-24-9-11-26-19(15-24)14-23(8-10-25-16-19)12-17-2-4-20-5-3-17;3*3-2(4,5)1(6)7/h2-7H,8-16H2,1H3;3*(H,6,7). The Morgan fingerprint density at radius 2 is 1.23 bits per heavy atom. The van der Waals surface area contributed by atoms with Gasteiger partial charge in [0.15, 0.2) is 0 Å². The van der Waals surface area contributed by atoms with Crippen LogP contribution in [0.3, 0.4) is 0 Å². The average Bonchev–Trinajstić information content (AvgIpc) is 3.25. The number of carbonyl (C=O) groups is 3. The van der Waals surface area contributed by atoms with Crippen molar-refractivity contribution in [2.75, 3.05) is 46.0 Å². The lowest BCUT2D eigenvalue weighted by Crippen LogP contribution is -2.58. The summed E-state index contributed by atoms with van der Waals surface area (Å²) in [5.41, 5.74) is 1.00. The first-order valence-electron chi connectivity index (χ1n) is 13.0. The van der Waals surface area contributed by atoms with E-state index in [1.807, 2.05) is 31.8 Å². The molecule has 2 aromatic heterocycles. The first-order chi connectivity index (χ1) is 21.6. The molecule has 13 nitrogen and oxygen atoms in total. The number of aryl methyl sites for hydroxylation is 1. The van der Waals surface area contributed by atoms with Gasteiger partial charge in [0.05, 0.1) is 26.4 Å². The lowest BCUT2D eigenvalue weighted by molar-refractivity contribution is -0.193. The maximum absolute atomic E-state index is 10.6. The van der Waals surface area contributed by atoms with Crippen LogP contribution in [0.25, 0.3) is 0 Å². The Morgan fingerprint density at radius 1 is 0.787 bits per heavy atom. The zero-order valence-electron chi connectivity index (χ0n) is 24.3. The fraction of sp³-hybridized carbons (Fsp3) is 0.560. The van der Waals surface area contributed by atoms with Crippen LogP contribution in [0, 0.1) is 0 Å². The molecule has 0 amide bonds. The second-order valence-electron chi connectivity index (χ2n) is 9.72. The summed E-state index contributed by atoms with van der Waals surface area (Å²) in [5.74, 6) is -7.18. The molecule has 0 saturated carbocycles. The number of imidazole rings is 1. The molecular formula is C25H30F9N5O8. The number of ether oxygens (including phenoxy) is 2. The number of rotatable bonds is 4. The molecule has 2 aliphatic heterocycles. The Balaban J connectivity index is 0.000000430. The highest BCUT2D eigenvalue weighted by molar-refractivity contribution is 5.73. The molecule has 0 radical (unpaired) electrons. The molecule has 1 unspecified atom stereocenters. The van der Waals surface area contributed by atoms with Crippen molar-refractivity contribution in [3.8, 4) is 0 Å². The van der Waals surface area contributed by atoms with E-state index >= 15 is 0 Å². The molecule has 1 atom stereocenters. The second-order valence-corrected chi connectivity index (χ2v) is 9.72. The summed E-state index contributed by atoms with van der Waals surface area (Å²) < 4.78 is 110. The summed E-state index contributed by atoms with van der Waals surface area (Å²) >= 11 is 0. The third kappa shape index (κ3) is 15.9. The fourth-order valence-electron chi connectivity index (χ4n) is 3.86. The van der Waals surface area contributed by atoms with E-state index in [2.05, 4.69) is 36.5 Å². The van der Waals surface area contributed by atoms with Gasteiger partial charge in [0.1, 0.15) is 11.4 Å². The van der Waals surface area contributed by atoms with Gasteiger partial charge in [0, 0.05) is 64.6 Å². The van der Waals surface area contributed by atoms with Crippen molar-refractivity contribution < 1.29 is 78.7 Å². The van der Waals surface area contributed by atoms with Gasteiger partial charge < -0.3 is 29.4 Å². The van der Waals surface area contributed by atoms with E-state index in [0.717, 1.165) is 58.3 Å². The molecule has 2 aromatic rings. The lowest BCUT2D eigenvalue weighted by atomic mass is 10.0. The number of aromatic nitrogens is 3. The lowest BCUT2D eigenvalue weighted by Gasteiger charge is -2.43. The molecule has 2 fully saturated rings. The molecule has 0 aromatic carbocycles. The van der Waals surface area contributed by atoms with E-state index in [9.17, 15) is 39.5 Å². The highest BCUT2D eigenvalue weighted by Crippen LogP contribution is 2.24. The normalized spacial score (nSPS) is 19.1. The molecule has 22 heteroatoms. The van der Waals surface area contributed by atoms with Gasteiger partial charge in [-0.2, -0.15) is 39.5 Å². The average molecular weight is 700 g/mol. The van der Waals surface area contributed by atoms with Gasteiger partial charge in [-0.05, 0) is 17.7 Å². The minimum Gasteiger partial charge on any atom is -0.475 e. The third-order valence-electron chi connectivity index (χ3n) is 5.93. The summed E-state index contributed by atoms with van der Waals surface area (Å²) in [4.78, 5) is 40.1. The van der Waals surface area contributed by atoms with Gasteiger partial charge in [0.2, 0.25) is 0 Å². The van der Waals surface area contributed by atoms with Crippen LogP contribution in [0.2, 0.25) is 0 Å². The molecule has 2 aliphatic rings. The van der Waals surface area contributed by atoms with Crippen molar-refractivity contribution in [2.45, 2.75) is 37.2 Å². The molecule has 266 valence electrons. The Bertz CT molecular complexity index is 1220. The Morgan fingerprint density at radius 3 is 1.66 bits per heavy atom. The van der Waals surface area contributed by atoms with E-state index in [1.165, 1.54) is 5.56 Å². The van der Waals surface area contributed by atoms with E-state index in [1.54, 1.807) is 0 Å². The Hall–Kier alpha value is -4.02. The first kappa shape index (κ1) is 41.0. The highest BCUT2D eigenvalue weighted by Gasteiger charge is 2.41. The second kappa shape index (κ2) is 17.8. The summed E-state index contributed by atoms with van der Waals surface area (Å²) in [5, 5.41) is 21.4. The summed E-state index contributed by atoms with van der Waals surface area (Å²) in [6.07, 6.45) is -7.69.